The molecule has 0 aliphatic carbocycles. The maximum absolute atomic E-state index is 12.8. The molecule has 2 rings (SSSR count). The van der Waals surface area contributed by atoms with Gasteiger partial charge in [0.25, 0.3) is 5.91 Å². The lowest BCUT2D eigenvalue weighted by Gasteiger charge is -2.18. The van der Waals surface area contributed by atoms with Crippen LogP contribution < -0.4 is 5.32 Å². The summed E-state index contributed by atoms with van der Waals surface area (Å²) >= 11 is 0. The highest BCUT2D eigenvalue weighted by atomic mass is 16.5. The van der Waals surface area contributed by atoms with Crippen molar-refractivity contribution in [3.05, 3.63) is 28.7 Å². The molecular formula is C17H24N4O3. The van der Waals surface area contributed by atoms with E-state index in [2.05, 4.69) is 15.4 Å². The first-order chi connectivity index (χ1) is 11.2. The van der Waals surface area contributed by atoms with Crippen LogP contribution in [0.2, 0.25) is 0 Å². The van der Waals surface area contributed by atoms with Gasteiger partial charge in [-0.1, -0.05) is 13.8 Å². The predicted molar refractivity (Wildman–Crippen MR) is 89.9 cm³/mol. The minimum Gasteiger partial charge on any atom is -0.467 e. The van der Waals surface area contributed by atoms with Gasteiger partial charge in [0.2, 0.25) is 0 Å². The van der Waals surface area contributed by atoms with E-state index in [-0.39, 0.29) is 11.8 Å². The summed E-state index contributed by atoms with van der Waals surface area (Å²) in [6, 6.07) is 1.21. The zero-order chi connectivity index (χ0) is 18.0. The molecule has 0 spiro atoms. The normalized spacial score (nSPS) is 12.5. The number of aryl methyl sites for hydroxylation is 3. The van der Waals surface area contributed by atoms with E-state index < -0.39 is 12.0 Å². The molecule has 7 nitrogen and oxygen atoms in total. The molecule has 0 bridgehead atoms. The highest BCUT2D eigenvalue weighted by Crippen LogP contribution is 2.17. The molecule has 0 radical (unpaired) electrons. The number of nitrogens with zero attached hydrogens (tertiary/aromatic N) is 3. The summed E-state index contributed by atoms with van der Waals surface area (Å²) in [5.74, 6) is -0.579. The fourth-order valence-electron chi connectivity index (χ4n) is 2.75. The van der Waals surface area contributed by atoms with Crippen LogP contribution in [0.1, 0.15) is 47.7 Å². The minimum atomic E-state index is -0.692. The first kappa shape index (κ1) is 17.9. The number of fused-ring (bicyclic) bond motifs is 1. The maximum Gasteiger partial charge on any atom is 0.328 e. The smallest absolute Gasteiger partial charge is 0.328 e. The van der Waals surface area contributed by atoms with Crippen LogP contribution >= 0.6 is 0 Å². The molecule has 1 N–H and O–H groups in total. The lowest BCUT2D eigenvalue weighted by atomic mass is 10.0. The first-order valence-electron chi connectivity index (χ1n) is 7.96. The summed E-state index contributed by atoms with van der Waals surface area (Å²) in [7, 11) is 1.32. The summed E-state index contributed by atoms with van der Waals surface area (Å²) in [6.45, 7) is 9.50. The second kappa shape index (κ2) is 6.98. The van der Waals surface area contributed by atoms with E-state index in [0.29, 0.717) is 23.3 Å². The number of esters is 1. The van der Waals surface area contributed by atoms with Crippen LogP contribution in [0.25, 0.3) is 5.65 Å². The molecule has 0 saturated carbocycles. The average Bonchev–Trinajstić information content (AvgIpc) is 2.81. The van der Waals surface area contributed by atoms with E-state index >= 15 is 0 Å². The molecule has 1 unspecified atom stereocenters. The van der Waals surface area contributed by atoms with Crippen molar-refractivity contribution in [2.75, 3.05) is 7.11 Å². The van der Waals surface area contributed by atoms with Gasteiger partial charge in [-0.25, -0.2) is 14.3 Å². The number of hydrogen-bond acceptors (Lipinski definition) is 5. The minimum absolute atomic E-state index is 0.238. The molecular weight excluding hydrogens is 308 g/mol. The summed E-state index contributed by atoms with van der Waals surface area (Å²) in [6.07, 6.45) is 0.502. The summed E-state index contributed by atoms with van der Waals surface area (Å²) in [5.41, 5.74) is 3.16. The number of ether oxygens (including phenoxy) is 1. The second-order valence-electron chi connectivity index (χ2n) is 6.41. The SMILES string of the molecule is COC(=O)C(CC(C)C)NC(=O)c1c(C)nn2c(C)cc(C)nc12. The Balaban J connectivity index is 2.40. The Morgan fingerprint density at radius 1 is 1.29 bits per heavy atom. The zero-order valence-electron chi connectivity index (χ0n) is 15.0. The van der Waals surface area contributed by atoms with Gasteiger partial charge in [-0.05, 0) is 39.2 Å². The summed E-state index contributed by atoms with van der Waals surface area (Å²) in [5, 5.41) is 7.15. The number of hydrogen-bond donors (Lipinski definition) is 1. The van der Waals surface area contributed by atoms with Crippen molar-refractivity contribution in [1.29, 1.82) is 0 Å². The van der Waals surface area contributed by atoms with Crippen LogP contribution in [-0.4, -0.2) is 39.6 Å². The van der Waals surface area contributed by atoms with Crippen LogP contribution in [0.4, 0.5) is 0 Å². The van der Waals surface area contributed by atoms with Gasteiger partial charge < -0.3 is 10.1 Å². The van der Waals surface area contributed by atoms with E-state index in [4.69, 9.17) is 4.74 Å². The fourth-order valence-corrected chi connectivity index (χ4v) is 2.75. The van der Waals surface area contributed by atoms with Crippen molar-refractivity contribution < 1.29 is 14.3 Å². The van der Waals surface area contributed by atoms with Crippen molar-refractivity contribution in [1.82, 2.24) is 19.9 Å². The van der Waals surface area contributed by atoms with Gasteiger partial charge in [0.05, 0.1) is 12.8 Å². The molecule has 7 heteroatoms. The molecule has 0 fully saturated rings. The van der Waals surface area contributed by atoms with Crippen molar-refractivity contribution in [3.63, 3.8) is 0 Å². The van der Waals surface area contributed by atoms with Gasteiger partial charge in [0.15, 0.2) is 5.65 Å². The molecule has 0 saturated heterocycles. The zero-order valence-corrected chi connectivity index (χ0v) is 15.0. The number of methoxy groups -OCH3 is 1. The van der Waals surface area contributed by atoms with E-state index in [1.165, 1.54) is 7.11 Å². The van der Waals surface area contributed by atoms with Crippen LogP contribution in [0.3, 0.4) is 0 Å². The van der Waals surface area contributed by atoms with Gasteiger partial charge in [-0.15, -0.1) is 0 Å². The number of aromatic nitrogens is 3. The molecule has 2 aromatic rings. The van der Waals surface area contributed by atoms with Crippen LogP contribution in [-0.2, 0) is 9.53 Å². The number of carbonyl (C=O) groups is 2. The topological polar surface area (TPSA) is 85.6 Å². The molecule has 24 heavy (non-hydrogen) atoms. The van der Waals surface area contributed by atoms with Gasteiger partial charge in [-0.2, -0.15) is 5.10 Å². The predicted octanol–water partition coefficient (Wildman–Crippen LogP) is 1.97. The molecule has 0 aliphatic rings. The number of carbonyl (C=O) groups excluding carboxylic acids is 2. The standard InChI is InChI=1S/C17H24N4O3/c1-9(2)7-13(17(23)24-6)19-16(22)14-12(5)20-21-11(4)8-10(3)18-15(14)21/h8-9,13H,7H2,1-6H3,(H,19,22). The highest BCUT2D eigenvalue weighted by Gasteiger charge is 2.26. The lowest BCUT2D eigenvalue weighted by molar-refractivity contribution is -0.143. The Morgan fingerprint density at radius 3 is 2.54 bits per heavy atom. The number of amides is 1. The third-order valence-corrected chi connectivity index (χ3v) is 3.80. The van der Waals surface area contributed by atoms with Gasteiger partial charge in [0, 0.05) is 11.4 Å². The van der Waals surface area contributed by atoms with Gasteiger partial charge in [-0.3, -0.25) is 4.79 Å². The Hall–Kier alpha value is -2.44. The van der Waals surface area contributed by atoms with Crippen LogP contribution in [0.15, 0.2) is 6.07 Å². The molecule has 0 aromatic carbocycles. The van der Waals surface area contributed by atoms with E-state index in [0.717, 1.165) is 11.4 Å². The Kier molecular flexibility index (Phi) is 5.21. The summed E-state index contributed by atoms with van der Waals surface area (Å²) < 4.78 is 6.44. The molecule has 0 aliphatic heterocycles. The highest BCUT2D eigenvalue weighted by molar-refractivity contribution is 6.02. The molecule has 2 aromatic heterocycles. The van der Waals surface area contributed by atoms with Gasteiger partial charge >= 0.3 is 5.97 Å². The quantitative estimate of drug-likeness (QED) is 0.846. The lowest BCUT2D eigenvalue weighted by Crippen LogP contribution is -2.42. The Labute approximate surface area is 141 Å². The largest absolute Gasteiger partial charge is 0.467 e. The Bertz CT molecular complexity index is 780. The molecule has 130 valence electrons. The van der Waals surface area contributed by atoms with E-state index in [9.17, 15) is 9.59 Å². The van der Waals surface area contributed by atoms with Crippen LogP contribution in [0, 0.1) is 26.7 Å². The maximum atomic E-state index is 12.8. The molecule has 1 amide bonds. The van der Waals surface area contributed by atoms with Crippen molar-refractivity contribution >= 4 is 17.5 Å². The summed E-state index contributed by atoms with van der Waals surface area (Å²) in [4.78, 5) is 29.1. The van der Waals surface area contributed by atoms with Crippen molar-refractivity contribution in [2.45, 2.75) is 47.1 Å². The van der Waals surface area contributed by atoms with Crippen molar-refractivity contribution in [2.24, 2.45) is 5.92 Å². The van der Waals surface area contributed by atoms with E-state index in [1.807, 2.05) is 33.8 Å². The average molecular weight is 332 g/mol. The van der Waals surface area contributed by atoms with Gasteiger partial charge in [0.1, 0.15) is 11.6 Å². The fraction of sp³-hybridized carbons (Fsp3) is 0.529. The second-order valence-corrected chi connectivity index (χ2v) is 6.41. The third-order valence-electron chi connectivity index (χ3n) is 3.80. The monoisotopic (exact) mass is 332 g/mol. The Morgan fingerprint density at radius 2 is 1.96 bits per heavy atom. The first-order valence-corrected chi connectivity index (χ1v) is 7.96. The third kappa shape index (κ3) is 3.55. The van der Waals surface area contributed by atoms with Crippen LogP contribution in [0.5, 0.6) is 0 Å². The van der Waals surface area contributed by atoms with E-state index in [1.54, 1.807) is 11.4 Å². The van der Waals surface area contributed by atoms with Crippen molar-refractivity contribution in [3.8, 4) is 0 Å². The molecule has 1 atom stereocenters. The number of nitrogens with one attached hydrogen (secondary N) is 1. The molecule has 2 heterocycles. The number of rotatable bonds is 5.